The van der Waals surface area contributed by atoms with E-state index in [0.29, 0.717) is 17.8 Å². The third-order valence-corrected chi connectivity index (χ3v) is 3.95. The van der Waals surface area contributed by atoms with E-state index in [1.54, 1.807) is 6.20 Å². The van der Waals surface area contributed by atoms with Crippen molar-refractivity contribution < 1.29 is 14.3 Å². The minimum absolute atomic E-state index is 0.127. The van der Waals surface area contributed by atoms with Crippen molar-refractivity contribution in [3.8, 4) is 0 Å². The van der Waals surface area contributed by atoms with Crippen LogP contribution in [0.25, 0.3) is 21.8 Å². The van der Waals surface area contributed by atoms with Crippen LogP contribution in [0.15, 0.2) is 24.4 Å². The molecule has 6 heteroatoms. The van der Waals surface area contributed by atoms with Crippen LogP contribution in [0.5, 0.6) is 0 Å². The number of nitrogens with one attached hydrogen (secondary N) is 2. The number of rotatable bonds is 4. The number of esters is 1. The average molecular weight is 339 g/mol. The molecule has 0 spiro atoms. The van der Waals surface area contributed by atoms with Crippen LogP contribution in [0.3, 0.4) is 0 Å². The van der Waals surface area contributed by atoms with Gasteiger partial charge in [0.2, 0.25) is 5.91 Å². The Kier molecular flexibility index (Phi) is 4.44. The van der Waals surface area contributed by atoms with Gasteiger partial charge in [-0.25, -0.2) is 9.78 Å². The van der Waals surface area contributed by atoms with E-state index in [0.717, 1.165) is 27.4 Å². The van der Waals surface area contributed by atoms with Gasteiger partial charge in [-0.2, -0.15) is 0 Å². The minimum atomic E-state index is -0.416. The summed E-state index contributed by atoms with van der Waals surface area (Å²) >= 11 is 0. The first kappa shape index (κ1) is 17.0. The Balaban J connectivity index is 2.23. The monoisotopic (exact) mass is 339 g/mol. The van der Waals surface area contributed by atoms with Gasteiger partial charge in [-0.3, -0.25) is 4.79 Å². The fraction of sp³-hybridized carbons (Fsp3) is 0.316. The number of H-pyrrole nitrogens is 1. The highest BCUT2D eigenvalue weighted by Crippen LogP contribution is 2.32. The molecule has 2 aromatic heterocycles. The molecular weight excluding hydrogens is 318 g/mol. The van der Waals surface area contributed by atoms with Gasteiger partial charge < -0.3 is 15.0 Å². The molecule has 1 amide bonds. The Morgan fingerprint density at radius 2 is 2.04 bits per heavy atom. The highest BCUT2D eigenvalue weighted by molar-refractivity contribution is 6.12. The smallest absolute Gasteiger partial charge is 0.357 e. The maximum absolute atomic E-state index is 12.4. The normalized spacial score (nSPS) is 11.2. The first-order valence-electron chi connectivity index (χ1n) is 8.32. The lowest BCUT2D eigenvalue weighted by Crippen LogP contribution is -2.15. The molecule has 2 N–H and O–H groups in total. The number of pyridine rings is 1. The third-order valence-electron chi connectivity index (χ3n) is 3.95. The molecule has 0 unspecified atom stereocenters. The van der Waals surface area contributed by atoms with Crippen molar-refractivity contribution in [1.29, 1.82) is 0 Å². The van der Waals surface area contributed by atoms with Crippen LogP contribution in [0.4, 0.5) is 5.69 Å². The number of carbonyl (C=O) groups excluding carboxylic acids is 2. The van der Waals surface area contributed by atoms with Gasteiger partial charge >= 0.3 is 5.97 Å². The van der Waals surface area contributed by atoms with E-state index in [4.69, 9.17) is 4.74 Å². The van der Waals surface area contributed by atoms with Crippen LogP contribution < -0.4 is 5.32 Å². The Labute approximate surface area is 145 Å². The molecular formula is C19H21N3O3. The molecule has 0 saturated carbocycles. The van der Waals surface area contributed by atoms with Crippen LogP contribution in [-0.2, 0) is 16.0 Å². The predicted molar refractivity (Wildman–Crippen MR) is 97.8 cm³/mol. The zero-order valence-corrected chi connectivity index (χ0v) is 14.8. The highest BCUT2D eigenvalue weighted by atomic mass is 16.5. The van der Waals surface area contributed by atoms with Crippen molar-refractivity contribution >= 4 is 39.4 Å². The molecule has 2 heterocycles. The van der Waals surface area contributed by atoms with Crippen LogP contribution in [-0.4, -0.2) is 27.9 Å². The predicted octanol–water partition coefficient (Wildman–Crippen LogP) is 3.80. The van der Waals surface area contributed by atoms with Gasteiger partial charge in [0.25, 0.3) is 0 Å². The summed E-state index contributed by atoms with van der Waals surface area (Å²) in [4.78, 5) is 31.4. The van der Waals surface area contributed by atoms with Gasteiger partial charge in [0.1, 0.15) is 0 Å². The van der Waals surface area contributed by atoms with Crippen molar-refractivity contribution in [1.82, 2.24) is 9.97 Å². The molecule has 6 nitrogen and oxygen atoms in total. The Morgan fingerprint density at radius 1 is 1.28 bits per heavy atom. The first-order valence-corrected chi connectivity index (χ1v) is 8.32. The molecule has 0 aliphatic carbocycles. The largest absolute Gasteiger partial charge is 0.458 e. The van der Waals surface area contributed by atoms with Gasteiger partial charge in [-0.1, -0.05) is 6.92 Å². The number of fused-ring (bicyclic) bond motifs is 3. The zero-order chi connectivity index (χ0) is 18.1. The Bertz CT molecular complexity index is 973. The van der Waals surface area contributed by atoms with E-state index in [-0.39, 0.29) is 12.0 Å². The molecule has 3 aromatic rings. The van der Waals surface area contributed by atoms with Crippen molar-refractivity contribution in [2.45, 2.75) is 40.2 Å². The van der Waals surface area contributed by atoms with E-state index in [2.05, 4.69) is 15.3 Å². The molecule has 0 aliphatic rings. The number of carbonyl (C=O) groups is 2. The molecule has 25 heavy (non-hydrogen) atoms. The molecule has 0 bridgehead atoms. The molecule has 1 aromatic carbocycles. The van der Waals surface area contributed by atoms with Gasteiger partial charge in [-0.15, -0.1) is 0 Å². The number of anilines is 1. The summed E-state index contributed by atoms with van der Waals surface area (Å²) in [5.41, 5.74) is 3.68. The van der Waals surface area contributed by atoms with Gasteiger partial charge in [0, 0.05) is 28.9 Å². The molecule has 0 fully saturated rings. The fourth-order valence-electron chi connectivity index (χ4n) is 3.03. The number of aryl methyl sites for hydroxylation is 1. The van der Waals surface area contributed by atoms with Crippen LogP contribution in [0.2, 0.25) is 0 Å². The third kappa shape index (κ3) is 3.20. The van der Waals surface area contributed by atoms with E-state index in [1.807, 2.05) is 39.0 Å². The van der Waals surface area contributed by atoms with Crippen molar-refractivity contribution in [2.24, 2.45) is 0 Å². The van der Waals surface area contributed by atoms with E-state index >= 15 is 0 Å². The number of hydrogen-bond acceptors (Lipinski definition) is 4. The Hall–Kier alpha value is -2.89. The van der Waals surface area contributed by atoms with E-state index in [9.17, 15) is 9.59 Å². The highest BCUT2D eigenvalue weighted by Gasteiger charge is 2.20. The lowest BCUT2D eigenvalue weighted by molar-refractivity contribution is -0.114. The number of aromatic nitrogens is 2. The summed E-state index contributed by atoms with van der Waals surface area (Å²) in [6.07, 6.45) is 2.09. The summed E-state index contributed by atoms with van der Waals surface area (Å²) in [5.74, 6) is -0.543. The second-order valence-electron chi connectivity index (χ2n) is 6.25. The number of amides is 1. The van der Waals surface area contributed by atoms with Gasteiger partial charge in [0.05, 0.1) is 17.8 Å². The second kappa shape index (κ2) is 6.55. The molecule has 0 aliphatic heterocycles. The summed E-state index contributed by atoms with van der Waals surface area (Å²) in [5, 5.41) is 4.68. The quantitative estimate of drug-likeness (QED) is 0.708. The topological polar surface area (TPSA) is 84.1 Å². The maximum Gasteiger partial charge on any atom is 0.357 e. The van der Waals surface area contributed by atoms with Crippen molar-refractivity contribution in [2.75, 3.05) is 5.32 Å². The van der Waals surface area contributed by atoms with E-state index in [1.165, 1.54) is 6.92 Å². The zero-order valence-electron chi connectivity index (χ0n) is 14.8. The lowest BCUT2D eigenvalue weighted by Gasteiger charge is -2.11. The van der Waals surface area contributed by atoms with Crippen LogP contribution >= 0.6 is 0 Å². The maximum atomic E-state index is 12.4. The number of aromatic amines is 1. The molecule has 130 valence electrons. The van der Waals surface area contributed by atoms with Crippen molar-refractivity contribution in [3.63, 3.8) is 0 Å². The minimum Gasteiger partial charge on any atom is -0.458 e. The van der Waals surface area contributed by atoms with Gasteiger partial charge in [-0.05, 0) is 44.0 Å². The number of hydrogen-bond donors (Lipinski definition) is 2. The fourth-order valence-corrected chi connectivity index (χ4v) is 3.03. The van der Waals surface area contributed by atoms with Crippen molar-refractivity contribution in [3.05, 3.63) is 35.7 Å². The molecule has 0 radical (unpaired) electrons. The second-order valence-corrected chi connectivity index (χ2v) is 6.25. The molecule has 0 saturated heterocycles. The van der Waals surface area contributed by atoms with Crippen LogP contribution in [0.1, 0.15) is 43.7 Å². The summed E-state index contributed by atoms with van der Waals surface area (Å²) in [6, 6.07) is 5.66. The lowest BCUT2D eigenvalue weighted by atomic mass is 10.0. The molecule has 3 rings (SSSR count). The van der Waals surface area contributed by atoms with E-state index < -0.39 is 5.97 Å². The standard InChI is InChI=1S/C19H21N3O3/c1-5-13-17-14-8-12(21-11(4)23)6-7-15(14)22-16(17)9-20-18(13)19(24)25-10(2)3/h6-10,22H,5H2,1-4H3,(H,21,23). The summed E-state index contributed by atoms with van der Waals surface area (Å²) in [7, 11) is 0. The number of ether oxygens (including phenoxy) is 1. The summed E-state index contributed by atoms with van der Waals surface area (Å²) < 4.78 is 5.32. The first-order chi connectivity index (χ1) is 11.9. The Morgan fingerprint density at radius 3 is 2.68 bits per heavy atom. The average Bonchev–Trinajstić information content (AvgIpc) is 2.90. The summed E-state index contributed by atoms with van der Waals surface area (Å²) in [6.45, 7) is 7.08. The number of nitrogens with zero attached hydrogens (tertiary/aromatic N) is 1. The van der Waals surface area contributed by atoms with Gasteiger partial charge in [0.15, 0.2) is 5.69 Å². The number of benzene rings is 1. The van der Waals surface area contributed by atoms with Crippen LogP contribution in [0, 0.1) is 0 Å². The molecule has 0 atom stereocenters. The SMILES string of the molecule is CCc1c(C(=O)OC(C)C)ncc2[nH]c3ccc(NC(C)=O)cc3c12.